The third-order valence-electron chi connectivity index (χ3n) is 2.53. The fourth-order valence-electron chi connectivity index (χ4n) is 1.52. The highest BCUT2D eigenvalue weighted by Gasteiger charge is 2.20. The number of rotatable bonds is 6. The molecule has 4 nitrogen and oxygen atoms in total. The minimum Gasteiger partial charge on any atom is -0.479 e. The molecule has 5 heteroatoms. The van der Waals surface area contributed by atoms with Crippen LogP contribution in [0.1, 0.15) is 38.4 Å². The molecular weight excluding hydrogens is 239 g/mol. The number of halogens is 1. The van der Waals surface area contributed by atoms with E-state index < -0.39 is 24.0 Å². The van der Waals surface area contributed by atoms with Gasteiger partial charge in [0.2, 0.25) is 0 Å². The molecular formula is C13H17FO4. The van der Waals surface area contributed by atoms with Gasteiger partial charge >= 0.3 is 5.97 Å². The van der Waals surface area contributed by atoms with E-state index in [2.05, 4.69) is 0 Å². The third kappa shape index (κ3) is 3.70. The van der Waals surface area contributed by atoms with E-state index in [4.69, 9.17) is 9.84 Å². The van der Waals surface area contributed by atoms with Crippen LogP contribution in [-0.4, -0.2) is 22.3 Å². The molecule has 0 saturated carbocycles. The van der Waals surface area contributed by atoms with E-state index >= 15 is 0 Å². The molecule has 100 valence electrons. The molecule has 1 unspecified atom stereocenters. The lowest BCUT2D eigenvalue weighted by Crippen LogP contribution is -2.27. The first kappa shape index (κ1) is 14.4. The van der Waals surface area contributed by atoms with E-state index in [0.717, 1.165) is 6.07 Å². The van der Waals surface area contributed by atoms with Crippen molar-refractivity contribution < 1.29 is 24.1 Å². The molecule has 0 aliphatic heterocycles. The second-order valence-electron chi connectivity index (χ2n) is 4.10. The molecule has 0 aliphatic carbocycles. The number of benzene rings is 1. The van der Waals surface area contributed by atoms with Crippen molar-refractivity contribution in [3.05, 3.63) is 29.6 Å². The molecule has 2 N–H and O–H groups in total. The van der Waals surface area contributed by atoms with E-state index in [1.165, 1.54) is 19.1 Å². The van der Waals surface area contributed by atoms with Gasteiger partial charge in [0.15, 0.2) is 17.7 Å². The van der Waals surface area contributed by atoms with Crippen LogP contribution in [0.25, 0.3) is 0 Å². The number of hydrogen-bond donors (Lipinski definition) is 2. The van der Waals surface area contributed by atoms with E-state index in [1.807, 2.05) is 6.92 Å². The zero-order valence-corrected chi connectivity index (χ0v) is 10.4. The highest BCUT2D eigenvalue weighted by Crippen LogP contribution is 2.23. The van der Waals surface area contributed by atoms with Gasteiger partial charge in [-0.3, -0.25) is 0 Å². The van der Waals surface area contributed by atoms with Crippen LogP contribution >= 0.6 is 0 Å². The summed E-state index contributed by atoms with van der Waals surface area (Å²) in [6, 6.07) is 3.99. The van der Waals surface area contributed by atoms with Gasteiger partial charge in [-0.15, -0.1) is 0 Å². The molecule has 0 heterocycles. The summed E-state index contributed by atoms with van der Waals surface area (Å²) in [4.78, 5) is 10.9. The van der Waals surface area contributed by atoms with Gasteiger partial charge in [0.1, 0.15) is 0 Å². The predicted octanol–water partition coefficient (Wildman–Crippen LogP) is 2.51. The molecule has 0 fully saturated rings. The van der Waals surface area contributed by atoms with Crippen LogP contribution in [0, 0.1) is 5.82 Å². The molecule has 0 bridgehead atoms. The molecule has 0 radical (unpaired) electrons. The first-order chi connectivity index (χ1) is 8.45. The molecule has 0 amide bonds. The number of ether oxygens (including phenoxy) is 1. The van der Waals surface area contributed by atoms with Gasteiger partial charge in [0, 0.05) is 0 Å². The Morgan fingerprint density at radius 2 is 2.17 bits per heavy atom. The van der Waals surface area contributed by atoms with Crippen molar-refractivity contribution >= 4 is 5.97 Å². The molecule has 2 atom stereocenters. The van der Waals surface area contributed by atoms with E-state index in [-0.39, 0.29) is 5.75 Å². The van der Waals surface area contributed by atoms with Crippen molar-refractivity contribution in [1.82, 2.24) is 0 Å². The number of aliphatic carboxylic acids is 1. The summed E-state index contributed by atoms with van der Waals surface area (Å²) in [5, 5.41) is 18.2. The first-order valence-electron chi connectivity index (χ1n) is 5.82. The molecule has 1 rings (SSSR count). The first-order valence-corrected chi connectivity index (χ1v) is 5.82. The molecule has 18 heavy (non-hydrogen) atoms. The smallest absolute Gasteiger partial charge is 0.344 e. The molecule has 0 aromatic heterocycles. The Balaban J connectivity index is 2.86. The van der Waals surface area contributed by atoms with Crippen molar-refractivity contribution in [3.8, 4) is 5.75 Å². The van der Waals surface area contributed by atoms with Gasteiger partial charge in [-0.1, -0.05) is 19.4 Å². The lowest BCUT2D eigenvalue weighted by atomic mass is 10.1. The SMILES string of the molecule is CCCC(Oc1ccc([C@@H](C)O)cc1F)C(=O)O. The fourth-order valence-corrected chi connectivity index (χ4v) is 1.52. The summed E-state index contributed by atoms with van der Waals surface area (Å²) in [5.41, 5.74) is 0.419. The quantitative estimate of drug-likeness (QED) is 0.820. The minimum absolute atomic E-state index is 0.111. The maximum absolute atomic E-state index is 13.6. The highest BCUT2D eigenvalue weighted by molar-refractivity contribution is 5.72. The van der Waals surface area contributed by atoms with Gasteiger partial charge < -0.3 is 14.9 Å². The van der Waals surface area contributed by atoms with Gasteiger partial charge in [-0.05, 0) is 31.0 Å². The summed E-state index contributed by atoms with van der Waals surface area (Å²) in [6.45, 7) is 3.35. The summed E-state index contributed by atoms with van der Waals surface area (Å²) >= 11 is 0. The number of aliphatic hydroxyl groups is 1. The van der Waals surface area contributed by atoms with Crippen molar-refractivity contribution in [2.24, 2.45) is 0 Å². The minimum atomic E-state index is -1.11. The summed E-state index contributed by atoms with van der Waals surface area (Å²) in [5.74, 6) is -1.90. The Labute approximate surface area is 105 Å². The second-order valence-corrected chi connectivity index (χ2v) is 4.10. The molecule has 1 aromatic rings. The monoisotopic (exact) mass is 256 g/mol. The van der Waals surface area contributed by atoms with Crippen molar-refractivity contribution in [1.29, 1.82) is 0 Å². The highest BCUT2D eigenvalue weighted by atomic mass is 19.1. The summed E-state index contributed by atoms with van der Waals surface area (Å²) < 4.78 is 18.8. The number of carbonyl (C=O) groups is 1. The second kappa shape index (κ2) is 6.35. The summed E-state index contributed by atoms with van der Waals surface area (Å²) in [7, 11) is 0. The predicted molar refractivity (Wildman–Crippen MR) is 64.0 cm³/mol. The average molecular weight is 256 g/mol. The molecule has 1 aromatic carbocycles. The largest absolute Gasteiger partial charge is 0.479 e. The zero-order chi connectivity index (χ0) is 13.7. The maximum atomic E-state index is 13.6. The Kier molecular flexibility index (Phi) is 5.09. The van der Waals surface area contributed by atoms with Crippen LogP contribution in [0.2, 0.25) is 0 Å². The molecule has 0 spiro atoms. The Hall–Kier alpha value is -1.62. The van der Waals surface area contributed by atoms with Crippen LogP contribution in [0.5, 0.6) is 5.75 Å². The van der Waals surface area contributed by atoms with Gasteiger partial charge in [-0.25, -0.2) is 9.18 Å². The van der Waals surface area contributed by atoms with Crippen LogP contribution in [0.3, 0.4) is 0 Å². The van der Waals surface area contributed by atoms with Crippen LogP contribution in [-0.2, 0) is 4.79 Å². The number of hydrogen-bond acceptors (Lipinski definition) is 3. The van der Waals surface area contributed by atoms with Gasteiger partial charge in [-0.2, -0.15) is 0 Å². The Bertz CT molecular complexity index is 417. The normalized spacial score (nSPS) is 14.0. The van der Waals surface area contributed by atoms with E-state index in [0.29, 0.717) is 18.4 Å². The Morgan fingerprint density at radius 1 is 1.50 bits per heavy atom. The number of carboxylic acid groups (broad SMARTS) is 1. The van der Waals surface area contributed by atoms with Crippen molar-refractivity contribution in [3.63, 3.8) is 0 Å². The van der Waals surface area contributed by atoms with E-state index in [9.17, 15) is 14.3 Å². The lowest BCUT2D eigenvalue weighted by molar-refractivity contribution is -0.145. The average Bonchev–Trinajstić information content (AvgIpc) is 2.30. The Morgan fingerprint density at radius 3 is 2.61 bits per heavy atom. The van der Waals surface area contributed by atoms with Crippen LogP contribution in [0.15, 0.2) is 18.2 Å². The maximum Gasteiger partial charge on any atom is 0.344 e. The van der Waals surface area contributed by atoms with Gasteiger partial charge in [0.05, 0.1) is 6.10 Å². The number of carboxylic acids is 1. The van der Waals surface area contributed by atoms with E-state index in [1.54, 1.807) is 0 Å². The van der Waals surface area contributed by atoms with Crippen molar-refractivity contribution in [2.45, 2.75) is 38.9 Å². The van der Waals surface area contributed by atoms with Crippen molar-refractivity contribution in [2.75, 3.05) is 0 Å². The number of aliphatic hydroxyl groups excluding tert-OH is 1. The fraction of sp³-hybridized carbons (Fsp3) is 0.462. The lowest BCUT2D eigenvalue weighted by Gasteiger charge is -2.15. The van der Waals surface area contributed by atoms with Crippen LogP contribution in [0.4, 0.5) is 4.39 Å². The zero-order valence-electron chi connectivity index (χ0n) is 10.4. The third-order valence-corrected chi connectivity index (χ3v) is 2.53. The standard InChI is InChI=1S/C13H17FO4/c1-3-4-12(13(16)17)18-11-6-5-9(8(2)15)7-10(11)14/h5-8,12,15H,3-4H2,1-2H3,(H,16,17)/t8-,12?/m1/s1. The molecule has 0 aliphatic rings. The summed E-state index contributed by atoms with van der Waals surface area (Å²) in [6.07, 6.45) is -0.890. The molecule has 0 saturated heterocycles. The van der Waals surface area contributed by atoms with Gasteiger partial charge in [0.25, 0.3) is 0 Å². The topological polar surface area (TPSA) is 66.8 Å². The van der Waals surface area contributed by atoms with Crippen LogP contribution < -0.4 is 4.74 Å².